The number of benzene rings is 2. The van der Waals surface area contributed by atoms with E-state index >= 15 is 0 Å². The van der Waals surface area contributed by atoms with E-state index in [2.05, 4.69) is 10.9 Å². The van der Waals surface area contributed by atoms with Crippen LogP contribution in [0.15, 0.2) is 36.4 Å². The van der Waals surface area contributed by atoms with Crippen molar-refractivity contribution in [1.82, 2.24) is 10.9 Å². The number of rotatable bonds is 4. The van der Waals surface area contributed by atoms with Gasteiger partial charge in [-0.05, 0) is 18.2 Å². The number of carbonyl (C=O) groups excluding carboxylic acids is 2. The molecule has 3 rings (SSSR count). The van der Waals surface area contributed by atoms with E-state index in [-0.39, 0.29) is 27.4 Å². The second-order valence-corrected chi connectivity index (χ2v) is 6.61. The van der Waals surface area contributed by atoms with Gasteiger partial charge in [-0.1, -0.05) is 46.9 Å². The molecular formula is C17H13Cl3N2O5. The Hall–Kier alpha value is -2.35. The van der Waals surface area contributed by atoms with Gasteiger partial charge in [-0.3, -0.25) is 20.4 Å². The molecule has 0 aliphatic carbocycles. The quantitative estimate of drug-likeness (QED) is 0.574. The Balaban J connectivity index is 1.47. The molecule has 142 valence electrons. The fourth-order valence-electron chi connectivity index (χ4n) is 2.15. The number of halogens is 3. The molecular weight excluding hydrogens is 419 g/mol. The Kier molecular flexibility index (Phi) is 6.15. The topological polar surface area (TPSA) is 85.9 Å². The number of amides is 2. The number of hydrogen-bond donors (Lipinski definition) is 2. The van der Waals surface area contributed by atoms with E-state index in [9.17, 15) is 9.59 Å². The molecule has 2 N–H and O–H groups in total. The molecule has 0 radical (unpaired) electrons. The molecule has 1 heterocycles. The third-order valence-electron chi connectivity index (χ3n) is 3.46. The van der Waals surface area contributed by atoms with E-state index in [0.29, 0.717) is 11.5 Å². The molecule has 0 saturated heterocycles. The average Bonchev–Trinajstić information content (AvgIpc) is 2.67. The number of para-hydroxylation sites is 2. The van der Waals surface area contributed by atoms with E-state index in [4.69, 9.17) is 49.0 Å². The first-order valence-electron chi connectivity index (χ1n) is 7.68. The zero-order valence-electron chi connectivity index (χ0n) is 13.6. The predicted octanol–water partition coefficient (Wildman–Crippen LogP) is 3.01. The Bertz CT molecular complexity index is 878. The highest BCUT2D eigenvalue weighted by Gasteiger charge is 2.27. The van der Waals surface area contributed by atoms with Gasteiger partial charge in [0, 0.05) is 6.07 Å². The van der Waals surface area contributed by atoms with Crippen molar-refractivity contribution in [2.45, 2.75) is 6.10 Å². The van der Waals surface area contributed by atoms with Gasteiger partial charge >= 0.3 is 0 Å². The molecule has 27 heavy (non-hydrogen) atoms. The zero-order chi connectivity index (χ0) is 19.4. The maximum absolute atomic E-state index is 12.1. The van der Waals surface area contributed by atoms with E-state index in [1.165, 1.54) is 12.1 Å². The minimum absolute atomic E-state index is 0.0219. The minimum atomic E-state index is -0.898. The van der Waals surface area contributed by atoms with Crippen molar-refractivity contribution >= 4 is 46.6 Å². The number of carbonyl (C=O) groups is 2. The summed E-state index contributed by atoms with van der Waals surface area (Å²) in [5, 5.41) is 0.703. The van der Waals surface area contributed by atoms with Crippen LogP contribution in [0.5, 0.6) is 17.2 Å². The molecule has 0 spiro atoms. The minimum Gasteiger partial charge on any atom is -0.485 e. The first kappa shape index (κ1) is 19.4. The largest absolute Gasteiger partial charge is 0.485 e. The molecule has 1 unspecified atom stereocenters. The molecule has 2 aromatic carbocycles. The van der Waals surface area contributed by atoms with Crippen molar-refractivity contribution in [3.05, 3.63) is 51.5 Å². The molecule has 0 saturated carbocycles. The van der Waals surface area contributed by atoms with Gasteiger partial charge in [-0.2, -0.15) is 0 Å². The van der Waals surface area contributed by atoms with Crippen molar-refractivity contribution in [1.29, 1.82) is 0 Å². The van der Waals surface area contributed by atoms with E-state index < -0.39 is 24.5 Å². The summed E-state index contributed by atoms with van der Waals surface area (Å²) in [7, 11) is 0. The summed E-state index contributed by atoms with van der Waals surface area (Å²) < 4.78 is 16.2. The van der Waals surface area contributed by atoms with Gasteiger partial charge in [0.2, 0.25) is 6.10 Å². The Morgan fingerprint density at radius 3 is 2.52 bits per heavy atom. The molecule has 2 amide bonds. The lowest BCUT2D eigenvalue weighted by atomic mass is 10.2. The normalized spacial score (nSPS) is 15.0. The first-order chi connectivity index (χ1) is 12.9. The van der Waals surface area contributed by atoms with Crippen molar-refractivity contribution in [2.24, 2.45) is 0 Å². The number of ether oxygens (including phenoxy) is 3. The van der Waals surface area contributed by atoms with E-state index in [1.807, 2.05) is 0 Å². The van der Waals surface area contributed by atoms with Crippen LogP contribution in [-0.4, -0.2) is 31.1 Å². The van der Waals surface area contributed by atoms with Gasteiger partial charge in [0.15, 0.2) is 18.1 Å². The molecule has 2 aromatic rings. The smallest absolute Gasteiger partial charge is 0.283 e. The lowest BCUT2D eigenvalue weighted by Crippen LogP contribution is -2.51. The van der Waals surface area contributed by atoms with Crippen LogP contribution in [0.1, 0.15) is 0 Å². The van der Waals surface area contributed by atoms with E-state index in [0.717, 1.165) is 0 Å². The molecule has 1 atom stereocenters. The zero-order valence-corrected chi connectivity index (χ0v) is 15.9. The third kappa shape index (κ3) is 4.88. The Morgan fingerprint density at radius 2 is 1.74 bits per heavy atom. The van der Waals surface area contributed by atoms with Crippen LogP contribution in [0.2, 0.25) is 15.1 Å². The predicted molar refractivity (Wildman–Crippen MR) is 99.6 cm³/mol. The van der Waals surface area contributed by atoms with E-state index in [1.54, 1.807) is 24.3 Å². The van der Waals surface area contributed by atoms with Gasteiger partial charge in [-0.15, -0.1) is 0 Å². The fourth-order valence-corrected chi connectivity index (χ4v) is 2.75. The maximum Gasteiger partial charge on any atom is 0.283 e. The second kappa shape index (κ2) is 8.56. The highest BCUT2D eigenvalue weighted by Crippen LogP contribution is 2.34. The summed E-state index contributed by atoms with van der Waals surface area (Å²) in [4.78, 5) is 23.9. The van der Waals surface area contributed by atoms with Crippen LogP contribution < -0.4 is 25.1 Å². The number of hydrogen-bond acceptors (Lipinski definition) is 5. The molecule has 1 aliphatic rings. The van der Waals surface area contributed by atoms with Crippen LogP contribution in [0, 0.1) is 0 Å². The molecule has 7 nitrogen and oxygen atoms in total. The average molecular weight is 432 g/mol. The Labute approximate surface area is 169 Å². The van der Waals surface area contributed by atoms with Gasteiger partial charge < -0.3 is 14.2 Å². The highest BCUT2D eigenvalue weighted by atomic mass is 35.5. The fraction of sp³-hybridized carbons (Fsp3) is 0.176. The first-order valence-corrected chi connectivity index (χ1v) is 8.82. The van der Waals surface area contributed by atoms with Crippen molar-refractivity contribution in [2.75, 3.05) is 13.2 Å². The monoisotopic (exact) mass is 430 g/mol. The van der Waals surface area contributed by atoms with Crippen molar-refractivity contribution in [3.63, 3.8) is 0 Å². The van der Waals surface area contributed by atoms with Gasteiger partial charge in [-0.25, -0.2) is 0 Å². The highest BCUT2D eigenvalue weighted by molar-refractivity contribution is 6.43. The van der Waals surface area contributed by atoms with Crippen LogP contribution in [0.4, 0.5) is 0 Å². The third-order valence-corrected chi connectivity index (χ3v) is 4.48. The molecule has 0 bridgehead atoms. The lowest BCUT2D eigenvalue weighted by molar-refractivity contribution is -0.135. The maximum atomic E-state index is 12.1. The van der Waals surface area contributed by atoms with Crippen molar-refractivity contribution < 1.29 is 23.8 Å². The summed E-state index contributed by atoms with van der Waals surface area (Å²) in [5.41, 5.74) is 4.47. The summed E-state index contributed by atoms with van der Waals surface area (Å²) in [6.45, 7) is -0.378. The summed E-state index contributed by atoms with van der Waals surface area (Å²) >= 11 is 17.6. The summed E-state index contributed by atoms with van der Waals surface area (Å²) in [5.74, 6) is 0.0199. The Morgan fingerprint density at radius 1 is 1.04 bits per heavy atom. The molecule has 1 aliphatic heterocycles. The van der Waals surface area contributed by atoms with Gasteiger partial charge in [0.1, 0.15) is 12.4 Å². The number of fused-ring (bicyclic) bond motifs is 1. The molecule has 0 fully saturated rings. The second-order valence-electron chi connectivity index (χ2n) is 5.39. The van der Waals surface area contributed by atoms with Crippen LogP contribution in [0.3, 0.4) is 0 Å². The summed E-state index contributed by atoms with van der Waals surface area (Å²) in [6, 6.07) is 9.76. The summed E-state index contributed by atoms with van der Waals surface area (Å²) in [6.07, 6.45) is -0.898. The lowest BCUT2D eigenvalue weighted by Gasteiger charge is -2.25. The molecule has 0 aromatic heterocycles. The van der Waals surface area contributed by atoms with Crippen LogP contribution in [0.25, 0.3) is 0 Å². The van der Waals surface area contributed by atoms with Crippen LogP contribution in [-0.2, 0) is 9.59 Å². The van der Waals surface area contributed by atoms with Crippen LogP contribution >= 0.6 is 34.8 Å². The van der Waals surface area contributed by atoms with Crippen molar-refractivity contribution in [3.8, 4) is 17.2 Å². The SMILES string of the molecule is O=C(COc1cc(Cl)c(Cl)cc1Cl)NNC(=O)C1COc2ccccc2O1. The van der Waals surface area contributed by atoms with Gasteiger partial charge in [0.25, 0.3) is 11.8 Å². The number of hydrazine groups is 1. The number of nitrogens with one attached hydrogen (secondary N) is 2. The van der Waals surface area contributed by atoms with Gasteiger partial charge in [0.05, 0.1) is 15.1 Å². The standard InChI is InChI=1S/C17H13Cl3N2O5/c18-9-5-11(20)14(6-10(9)19)26-8-16(23)21-22-17(24)15-7-25-12-3-1-2-4-13(12)27-15/h1-6,15H,7-8H2,(H,21,23)(H,22,24). The molecule has 10 heteroatoms.